The normalized spacial score (nSPS) is 15.1. The molecule has 4 rings (SSSR count). The molecule has 166 valence electrons. The highest BCUT2D eigenvalue weighted by Crippen LogP contribution is 2.29. The van der Waals surface area contributed by atoms with E-state index in [1.807, 2.05) is 0 Å². The largest absolute Gasteiger partial charge is 0.488 e. The van der Waals surface area contributed by atoms with E-state index in [1.54, 1.807) is 30.3 Å². The quantitative estimate of drug-likeness (QED) is 0.350. The predicted molar refractivity (Wildman–Crippen MR) is 125 cm³/mol. The SMILES string of the molecule is O=C1NC(=O)N(c2ccc(Cl)cc2)C(=O)/C1=C/c1cc(Br)ccc1OCc1cccc(F)c1. The zero-order valence-electron chi connectivity index (χ0n) is 16.8. The van der Waals surface area contributed by atoms with Gasteiger partial charge in [0.25, 0.3) is 11.8 Å². The molecule has 9 heteroatoms. The Balaban J connectivity index is 1.67. The van der Waals surface area contributed by atoms with E-state index in [4.69, 9.17) is 16.3 Å². The molecule has 6 nitrogen and oxygen atoms in total. The lowest BCUT2D eigenvalue weighted by molar-refractivity contribution is -0.122. The Kier molecular flexibility index (Phi) is 6.57. The summed E-state index contributed by atoms with van der Waals surface area (Å²) in [4.78, 5) is 38.8. The molecule has 0 radical (unpaired) electrons. The van der Waals surface area contributed by atoms with Crippen LogP contribution in [0.3, 0.4) is 0 Å². The molecule has 1 N–H and O–H groups in total. The van der Waals surface area contributed by atoms with Crippen LogP contribution in [0.5, 0.6) is 5.75 Å². The van der Waals surface area contributed by atoms with Gasteiger partial charge in [-0.1, -0.05) is 39.7 Å². The molecule has 1 aliphatic rings. The maximum absolute atomic E-state index is 13.5. The lowest BCUT2D eigenvalue weighted by atomic mass is 10.1. The van der Waals surface area contributed by atoms with E-state index >= 15 is 0 Å². The number of anilines is 1. The zero-order valence-corrected chi connectivity index (χ0v) is 19.2. The number of halogens is 3. The topological polar surface area (TPSA) is 75.7 Å². The molecule has 4 amide bonds. The molecule has 0 saturated carbocycles. The van der Waals surface area contributed by atoms with Crippen LogP contribution in [-0.4, -0.2) is 17.8 Å². The monoisotopic (exact) mass is 528 g/mol. The van der Waals surface area contributed by atoms with Gasteiger partial charge in [-0.05, 0) is 66.2 Å². The summed E-state index contributed by atoms with van der Waals surface area (Å²) in [5.74, 6) is -1.63. The number of nitrogens with one attached hydrogen (secondary N) is 1. The van der Waals surface area contributed by atoms with Crippen molar-refractivity contribution in [2.75, 3.05) is 4.90 Å². The van der Waals surface area contributed by atoms with E-state index in [-0.39, 0.29) is 23.7 Å². The first-order valence-electron chi connectivity index (χ1n) is 9.65. The Hall–Kier alpha value is -3.49. The van der Waals surface area contributed by atoms with E-state index in [9.17, 15) is 18.8 Å². The summed E-state index contributed by atoms with van der Waals surface area (Å²) in [6.07, 6.45) is 1.35. The van der Waals surface area contributed by atoms with Crippen LogP contribution in [0.25, 0.3) is 6.08 Å². The number of rotatable bonds is 5. The van der Waals surface area contributed by atoms with Crippen molar-refractivity contribution in [2.45, 2.75) is 6.61 Å². The highest BCUT2D eigenvalue weighted by Gasteiger charge is 2.37. The van der Waals surface area contributed by atoms with Gasteiger partial charge in [-0.15, -0.1) is 0 Å². The molecular formula is C24H15BrClFN2O4. The standard InChI is InChI=1S/C24H15BrClFN2O4/c25-16-4-9-21(33-13-14-2-1-3-18(27)10-14)15(11-16)12-20-22(30)28-24(32)29(23(20)31)19-7-5-17(26)6-8-19/h1-12H,13H2,(H,28,30,32)/b20-12+. The van der Waals surface area contributed by atoms with Gasteiger partial charge in [0.2, 0.25) is 0 Å². The van der Waals surface area contributed by atoms with Gasteiger partial charge in [0.15, 0.2) is 0 Å². The molecule has 0 bridgehead atoms. The lowest BCUT2D eigenvalue weighted by Crippen LogP contribution is -2.54. The van der Waals surface area contributed by atoms with E-state index in [0.717, 1.165) is 4.90 Å². The third kappa shape index (κ3) is 5.13. The molecule has 0 aromatic heterocycles. The molecule has 3 aromatic carbocycles. The van der Waals surface area contributed by atoms with Crippen molar-refractivity contribution < 1.29 is 23.5 Å². The Morgan fingerprint density at radius 3 is 2.52 bits per heavy atom. The van der Waals surface area contributed by atoms with Crippen LogP contribution in [0.15, 0.2) is 76.8 Å². The fourth-order valence-electron chi connectivity index (χ4n) is 3.19. The third-order valence-electron chi connectivity index (χ3n) is 4.74. The van der Waals surface area contributed by atoms with Gasteiger partial charge in [-0.3, -0.25) is 14.9 Å². The first-order valence-corrected chi connectivity index (χ1v) is 10.8. The number of benzene rings is 3. The first-order chi connectivity index (χ1) is 15.8. The summed E-state index contributed by atoms with van der Waals surface area (Å²) in [7, 11) is 0. The number of imide groups is 2. The van der Waals surface area contributed by atoms with Gasteiger partial charge in [0.05, 0.1) is 5.69 Å². The number of barbiturate groups is 1. The van der Waals surface area contributed by atoms with Crippen LogP contribution in [0.2, 0.25) is 5.02 Å². The van der Waals surface area contributed by atoms with Crippen molar-refractivity contribution in [2.24, 2.45) is 0 Å². The van der Waals surface area contributed by atoms with Crippen molar-refractivity contribution in [3.8, 4) is 5.75 Å². The molecule has 3 aromatic rings. The summed E-state index contributed by atoms with van der Waals surface area (Å²) >= 11 is 9.25. The zero-order chi connectivity index (χ0) is 23.5. The minimum atomic E-state index is -0.860. The number of hydrogen-bond donors (Lipinski definition) is 1. The molecule has 1 aliphatic heterocycles. The van der Waals surface area contributed by atoms with Crippen LogP contribution in [-0.2, 0) is 16.2 Å². The smallest absolute Gasteiger partial charge is 0.335 e. The van der Waals surface area contributed by atoms with Crippen LogP contribution in [0.4, 0.5) is 14.9 Å². The van der Waals surface area contributed by atoms with Gasteiger partial charge in [-0.25, -0.2) is 14.1 Å². The van der Waals surface area contributed by atoms with Gasteiger partial charge in [0.1, 0.15) is 23.7 Å². The van der Waals surface area contributed by atoms with Crippen LogP contribution >= 0.6 is 27.5 Å². The van der Waals surface area contributed by atoms with Crippen molar-refractivity contribution in [3.63, 3.8) is 0 Å². The van der Waals surface area contributed by atoms with Crippen LogP contribution in [0.1, 0.15) is 11.1 Å². The highest BCUT2D eigenvalue weighted by atomic mass is 79.9. The second-order valence-corrected chi connectivity index (χ2v) is 8.39. The molecule has 33 heavy (non-hydrogen) atoms. The van der Waals surface area contributed by atoms with Gasteiger partial charge in [0, 0.05) is 15.1 Å². The first kappa shape index (κ1) is 22.7. The van der Waals surface area contributed by atoms with Crippen LogP contribution < -0.4 is 15.0 Å². The van der Waals surface area contributed by atoms with Crippen LogP contribution in [0, 0.1) is 5.82 Å². The molecule has 0 unspecified atom stereocenters. The number of amides is 4. The van der Waals surface area contributed by atoms with E-state index in [1.165, 1.54) is 42.5 Å². The van der Waals surface area contributed by atoms with Crippen molar-refractivity contribution in [1.29, 1.82) is 0 Å². The van der Waals surface area contributed by atoms with Gasteiger partial charge >= 0.3 is 6.03 Å². The summed E-state index contributed by atoms with van der Waals surface area (Å²) in [5.41, 5.74) is 1.04. The lowest BCUT2D eigenvalue weighted by Gasteiger charge is -2.26. The molecule has 0 aliphatic carbocycles. The Bertz CT molecular complexity index is 1290. The number of nitrogens with zero attached hydrogens (tertiary/aromatic N) is 1. The highest BCUT2D eigenvalue weighted by molar-refractivity contribution is 9.10. The summed E-state index contributed by atoms with van der Waals surface area (Å²) < 4.78 is 20.0. The summed E-state index contributed by atoms with van der Waals surface area (Å²) in [5, 5.41) is 2.61. The average Bonchev–Trinajstić information content (AvgIpc) is 2.77. The van der Waals surface area contributed by atoms with Crippen molar-refractivity contribution in [3.05, 3.63) is 98.7 Å². The Labute approximate surface area is 201 Å². The van der Waals surface area contributed by atoms with E-state index < -0.39 is 17.8 Å². The number of hydrogen-bond acceptors (Lipinski definition) is 4. The summed E-state index contributed by atoms with van der Waals surface area (Å²) in [6, 6.07) is 16.2. The maximum atomic E-state index is 13.5. The minimum Gasteiger partial charge on any atom is -0.488 e. The third-order valence-corrected chi connectivity index (χ3v) is 5.49. The molecule has 1 saturated heterocycles. The molecule has 0 spiro atoms. The second-order valence-electron chi connectivity index (χ2n) is 7.04. The molecular weight excluding hydrogens is 515 g/mol. The van der Waals surface area contributed by atoms with E-state index in [2.05, 4.69) is 21.2 Å². The fourth-order valence-corrected chi connectivity index (χ4v) is 3.69. The Morgan fingerprint density at radius 2 is 1.79 bits per heavy atom. The predicted octanol–water partition coefficient (Wildman–Crippen LogP) is 5.49. The van der Waals surface area contributed by atoms with Crippen molar-refractivity contribution in [1.82, 2.24) is 5.32 Å². The summed E-state index contributed by atoms with van der Waals surface area (Å²) in [6.45, 7) is 0.0745. The van der Waals surface area contributed by atoms with Crippen molar-refractivity contribution >= 4 is 57.1 Å². The maximum Gasteiger partial charge on any atom is 0.335 e. The second kappa shape index (κ2) is 9.56. The minimum absolute atomic E-state index is 0.0745. The average molecular weight is 530 g/mol. The number of carbonyl (C=O) groups excluding carboxylic acids is 3. The van der Waals surface area contributed by atoms with E-state index in [0.29, 0.717) is 26.4 Å². The molecule has 0 atom stereocenters. The number of ether oxygens (including phenoxy) is 1. The number of carbonyl (C=O) groups is 3. The number of urea groups is 1. The fraction of sp³-hybridized carbons (Fsp3) is 0.0417. The van der Waals surface area contributed by atoms with Gasteiger partial charge < -0.3 is 4.74 Å². The molecule has 1 heterocycles. The molecule has 1 fully saturated rings. The van der Waals surface area contributed by atoms with Gasteiger partial charge in [-0.2, -0.15) is 0 Å². The Morgan fingerprint density at radius 1 is 1.03 bits per heavy atom.